The number of pyridine rings is 1. The third-order valence-electron chi connectivity index (χ3n) is 3.35. The van der Waals surface area contributed by atoms with E-state index in [2.05, 4.69) is 16.4 Å². The Hall–Kier alpha value is -1.60. The normalized spacial score (nSPS) is 18.4. The predicted octanol–water partition coefficient (Wildman–Crippen LogP) is 1.53. The van der Waals surface area contributed by atoms with Crippen LogP contribution in [0.25, 0.3) is 0 Å². The highest BCUT2D eigenvalue weighted by Crippen LogP contribution is 2.32. The molecule has 0 aromatic carbocycles. The lowest BCUT2D eigenvalue weighted by molar-refractivity contribution is 0.280. The number of nitriles is 1. The smallest absolute Gasteiger partial charge is 0.212 e. The Morgan fingerprint density at radius 3 is 2.76 bits per heavy atom. The first kappa shape index (κ1) is 11.9. The van der Waals surface area contributed by atoms with Crippen molar-refractivity contribution in [2.24, 2.45) is 5.41 Å². The molecule has 4 nitrogen and oxygen atoms in total. The standard InChI is InChI=1S/C13H17N3O/c1-17-12-3-2-11(9-16-12)8-13(10-14)4-6-15-7-5-13/h2-3,9,15H,4-8H2,1H3. The Balaban J connectivity index is 2.10. The number of rotatable bonds is 3. The van der Waals surface area contributed by atoms with Crippen LogP contribution in [0.2, 0.25) is 0 Å². The van der Waals surface area contributed by atoms with Gasteiger partial charge in [-0.1, -0.05) is 6.07 Å². The molecule has 1 aliphatic heterocycles. The van der Waals surface area contributed by atoms with Gasteiger partial charge in [0.2, 0.25) is 5.88 Å². The second kappa shape index (κ2) is 5.15. The molecule has 0 radical (unpaired) electrons. The van der Waals surface area contributed by atoms with Crippen molar-refractivity contribution in [2.75, 3.05) is 20.2 Å². The van der Waals surface area contributed by atoms with Gasteiger partial charge in [0.15, 0.2) is 0 Å². The molecule has 2 heterocycles. The van der Waals surface area contributed by atoms with Gasteiger partial charge in [-0.3, -0.25) is 0 Å². The summed E-state index contributed by atoms with van der Waals surface area (Å²) < 4.78 is 5.02. The summed E-state index contributed by atoms with van der Waals surface area (Å²) in [6, 6.07) is 6.34. The number of methoxy groups -OCH3 is 1. The molecule has 0 unspecified atom stereocenters. The van der Waals surface area contributed by atoms with Crippen LogP contribution < -0.4 is 10.1 Å². The van der Waals surface area contributed by atoms with Crippen LogP contribution in [0.15, 0.2) is 18.3 Å². The maximum absolute atomic E-state index is 9.38. The lowest BCUT2D eigenvalue weighted by Crippen LogP contribution is -2.37. The van der Waals surface area contributed by atoms with Gasteiger partial charge in [0, 0.05) is 12.3 Å². The molecule has 1 aliphatic rings. The first-order valence-electron chi connectivity index (χ1n) is 5.89. The van der Waals surface area contributed by atoms with Crippen LogP contribution in [0.1, 0.15) is 18.4 Å². The molecule has 0 atom stereocenters. The third-order valence-corrected chi connectivity index (χ3v) is 3.35. The van der Waals surface area contributed by atoms with E-state index in [0.717, 1.165) is 37.9 Å². The lowest BCUT2D eigenvalue weighted by Gasteiger charge is -2.31. The number of nitrogens with one attached hydrogen (secondary N) is 1. The second-order valence-corrected chi connectivity index (χ2v) is 4.53. The zero-order chi connectivity index (χ0) is 12.1. The van der Waals surface area contributed by atoms with Crippen LogP contribution in [0, 0.1) is 16.7 Å². The fourth-order valence-electron chi connectivity index (χ4n) is 2.26. The van der Waals surface area contributed by atoms with Gasteiger partial charge >= 0.3 is 0 Å². The molecule has 4 heteroatoms. The van der Waals surface area contributed by atoms with E-state index in [1.807, 2.05) is 12.1 Å². The predicted molar refractivity (Wildman–Crippen MR) is 64.6 cm³/mol. The van der Waals surface area contributed by atoms with Gasteiger partial charge in [-0.2, -0.15) is 5.26 Å². The van der Waals surface area contributed by atoms with Gasteiger partial charge in [0.1, 0.15) is 0 Å². The number of nitrogens with zero attached hydrogens (tertiary/aromatic N) is 2. The Bertz CT molecular complexity index is 402. The number of piperidine rings is 1. The molecule has 0 amide bonds. The number of aromatic nitrogens is 1. The van der Waals surface area contributed by atoms with Crippen molar-refractivity contribution in [1.29, 1.82) is 5.26 Å². The molecular formula is C13H17N3O. The van der Waals surface area contributed by atoms with Crippen molar-refractivity contribution in [1.82, 2.24) is 10.3 Å². The van der Waals surface area contributed by atoms with Crippen molar-refractivity contribution in [2.45, 2.75) is 19.3 Å². The maximum Gasteiger partial charge on any atom is 0.212 e. The Morgan fingerprint density at radius 2 is 2.24 bits per heavy atom. The molecule has 1 aromatic rings. The van der Waals surface area contributed by atoms with Gasteiger partial charge in [-0.05, 0) is 37.9 Å². The van der Waals surface area contributed by atoms with E-state index in [9.17, 15) is 5.26 Å². The van der Waals surface area contributed by atoms with E-state index < -0.39 is 0 Å². The van der Waals surface area contributed by atoms with Gasteiger partial charge in [-0.15, -0.1) is 0 Å². The molecule has 90 valence electrons. The van der Waals surface area contributed by atoms with Gasteiger partial charge < -0.3 is 10.1 Å². The molecule has 1 aromatic heterocycles. The monoisotopic (exact) mass is 231 g/mol. The van der Waals surface area contributed by atoms with E-state index >= 15 is 0 Å². The van der Waals surface area contributed by atoms with Crippen molar-refractivity contribution in [3.05, 3.63) is 23.9 Å². The summed E-state index contributed by atoms with van der Waals surface area (Å²) in [4.78, 5) is 4.18. The third kappa shape index (κ3) is 2.75. The average Bonchev–Trinajstić information content (AvgIpc) is 2.41. The highest BCUT2D eigenvalue weighted by Gasteiger charge is 2.32. The molecule has 17 heavy (non-hydrogen) atoms. The molecule has 0 saturated carbocycles. The largest absolute Gasteiger partial charge is 0.481 e. The summed E-state index contributed by atoms with van der Waals surface area (Å²) in [5, 5.41) is 12.7. The van der Waals surface area contributed by atoms with Crippen molar-refractivity contribution in [3.8, 4) is 11.9 Å². The van der Waals surface area contributed by atoms with E-state index in [-0.39, 0.29) is 5.41 Å². The summed E-state index contributed by atoms with van der Waals surface area (Å²) in [7, 11) is 1.60. The number of hydrogen-bond donors (Lipinski definition) is 1. The highest BCUT2D eigenvalue weighted by molar-refractivity contribution is 5.21. The van der Waals surface area contributed by atoms with Crippen LogP contribution in [0.5, 0.6) is 5.88 Å². The molecule has 0 bridgehead atoms. The summed E-state index contributed by atoms with van der Waals surface area (Å²) in [5.74, 6) is 0.616. The fourth-order valence-corrected chi connectivity index (χ4v) is 2.26. The molecule has 1 saturated heterocycles. The number of hydrogen-bond acceptors (Lipinski definition) is 4. The number of ether oxygens (including phenoxy) is 1. The quantitative estimate of drug-likeness (QED) is 0.857. The average molecular weight is 231 g/mol. The fraction of sp³-hybridized carbons (Fsp3) is 0.538. The van der Waals surface area contributed by atoms with Crippen molar-refractivity contribution in [3.63, 3.8) is 0 Å². The van der Waals surface area contributed by atoms with Crippen molar-refractivity contribution >= 4 is 0 Å². The SMILES string of the molecule is COc1ccc(CC2(C#N)CCNCC2)cn1. The van der Waals surface area contributed by atoms with Crippen LogP contribution in [-0.4, -0.2) is 25.2 Å². The van der Waals surface area contributed by atoms with E-state index in [1.54, 1.807) is 13.3 Å². The molecule has 1 fully saturated rings. The first-order valence-corrected chi connectivity index (χ1v) is 5.89. The minimum Gasteiger partial charge on any atom is -0.481 e. The van der Waals surface area contributed by atoms with Crippen LogP contribution >= 0.6 is 0 Å². The van der Waals surface area contributed by atoms with Crippen LogP contribution in [-0.2, 0) is 6.42 Å². The molecule has 0 aliphatic carbocycles. The highest BCUT2D eigenvalue weighted by atomic mass is 16.5. The van der Waals surface area contributed by atoms with E-state index in [4.69, 9.17) is 4.74 Å². The van der Waals surface area contributed by atoms with E-state index in [1.165, 1.54) is 0 Å². The summed E-state index contributed by atoms with van der Waals surface area (Å²) >= 11 is 0. The van der Waals surface area contributed by atoms with Crippen LogP contribution in [0.3, 0.4) is 0 Å². The topological polar surface area (TPSA) is 57.9 Å². The second-order valence-electron chi connectivity index (χ2n) is 4.53. The molecular weight excluding hydrogens is 214 g/mol. The van der Waals surface area contributed by atoms with Gasteiger partial charge in [0.05, 0.1) is 18.6 Å². The summed E-state index contributed by atoms with van der Waals surface area (Å²) in [6.07, 6.45) is 4.41. The minimum absolute atomic E-state index is 0.221. The Morgan fingerprint density at radius 1 is 1.47 bits per heavy atom. The summed E-state index contributed by atoms with van der Waals surface area (Å²) in [5.41, 5.74) is 0.885. The zero-order valence-electron chi connectivity index (χ0n) is 10.1. The summed E-state index contributed by atoms with van der Waals surface area (Å²) in [6.45, 7) is 1.86. The Labute approximate surface area is 102 Å². The van der Waals surface area contributed by atoms with Crippen molar-refractivity contribution < 1.29 is 4.74 Å². The van der Waals surface area contributed by atoms with Crippen LogP contribution in [0.4, 0.5) is 0 Å². The Kier molecular flexibility index (Phi) is 3.60. The minimum atomic E-state index is -0.221. The lowest BCUT2D eigenvalue weighted by atomic mass is 9.76. The zero-order valence-corrected chi connectivity index (χ0v) is 10.1. The van der Waals surface area contributed by atoms with Gasteiger partial charge in [-0.25, -0.2) is 4.98 Å². The van der Waals surface area contributed by atoms with Gasteiger partial charge in [0.25, 0.3) is 0 Å². The molecule has 1 N–H and O–H groups in total. The first-order chi connectivity index (χ1) is 8.28. The van der Waals surface area contributed by atoms with E-state index in [0.29, 0.717) is 5.88 Å². The molecule has 2 rings (SSSR count). The maximum atomic E-state index is 9.38. The molecule has 0 spiro atoms.